The highest BCUT2D eigenvalue weighted by Gasteiger charge is 2.39. The lowest BCUT2D eigenvalue weighted by atomic mass is 9.76. The molecule has 2 aromatic rings. The van der Waals surface area contributed by atoms with Crippen LogP contribution >= 0.6 is 15.9 Å². The van der Waals surface area contributed by atoms with E-state index in [4.69, 9.17) is 9.47 Å². The van der Waals surface area contributed by atoms with Gasteiger partial charge in [0.1, 0.15) is 0 Å². The molecule has 2 heterocycles. The molecule has 132 valence electrons. The Hall–Kier alpha value is -2.47. The van der Waals surface area contributed by atoms with Gasteiger partial charge < -0.3 is 19.9 Å². The quantitative estimate of drug-likeness (QED) is 0.698. The van der Waals surface area contributed by atoms with Crippen LogP contribution in [-0.2, 0) is 0 Å². The number of aromatic carboxylic acids is 1. The molecular weight excluding hydrogens is 398 g/mol. The van der Waals surface area contributed by atoms with E-state index in [1.165, 1.54) is 0 Å². The van der Waals surface area contributed by atoms with Crippen molar-refractivity contribution in [3.05, 3.63) is 63.6 Å². The second kappa shape index (κ2) is 5.77. The zero-order valence-corrected chi connectivity index (χ0v) is 15.3. The monoisotopic (exact) mass is 413 g/mol. The zero-order chi connectivity index (χ0) is 17.8. The summed E-state index contributed by atoms with van der Waals surface area (Å²) >= 11 is 3.68. The summed E-state index contributed by atoms with van der Waals surface area (Å²) < 4.78 is 12.0. The smallest absolute Gasteiger partial charge is 0.335 e. The van der Waals surface area contributed by atoms with Crippen LogP contribution in [0.5, 0.6) is 11.5 Å². The summed E-state index contributed by atoms with van der Waals surface area (Å²) in [6.07, 6.45) is 5.33. The van der Waals surface area contributed by atoms with Crippen molar-refractivity contribution in [2.45, 2.75) is 18.4 Å². The second-order valence-electron chi connectivity index (χ2n) is 6.81. The van der Waals surface area contributed by atoms with E-state index in [-0.39, 0.29) is 18.8 Å². The summed E-state index contributed by atoms with van der Waals surface area (Å²) in [4.78, 5) is 11.3. The third-order valence-electron chi connectivity index (χ3n) is 5.44. The Morgan fingerprint density at radius 2 is 1.96 bits per heavy atom. The van der Waals surface area contributed by atoms with Gasteiger partial charge in [-0.25, -0.2) is 4.79 Å². The van der Waals surface area contributed by atoms with Gasteiger partial charge in [-0.2, -0.15) is 0 Å². The molecular formula is C20H16BrNO4. The molecule has 26 heavy (non-hydrogen) atoms. The molecule has 2 N–H and O–H groups in total. The van der Waals surface area contributed by atoms with Crippen LogP contribution < -0.4 is 14.8 Å². The van der Waals surface area contributed by atoms with Crippen molar-refractivity contribution >= 4 is 27.6 Å². The number of ether oxygens (including phenoxy) is 2. The van der Waals surface area contributed by atoms with Crippen molar-refractivity contribution < 1.29 is 19.4 Å². The van der Waals surface area contributed by atoms with Crippen molar-refractivity contribution in [1.82, 2.24) is 0 Å². The fourth-order valence-corrected chi connectivity index (χ4v) is 4.78. The largest absolute Gasteiger partial charge is 0.478 e. The summed E-state index contributed by atoms with van der Waals surface area (Å²) in [5.74, 6) is 1.15. The molecule has 0 saturated heterocycles. The molecule has 1 aliphatic carbocycles. The van der Waals surface area contributed by atoms with Gasteiger partial charge in [0.15, 0.2) is 11.5 Å². The first-order valence-electron chi connectivity index (χ1n) is 8.51. The van der Waals surface area contributed by atoms with Gasteiger partial charge in [-0.15, -0.1) is 0 Å². The SMILES string of the molecule is O=C(O)c1ccc2c(c1)[C@H]1C=CC[C@H]1[C@H](c1cc3c(cc1Br)OCO3)N2. The van der Waals surface area contributed by atoms with Crippen molar-refractivity contribution in [2.24, 2.45) is 5.92 Å². The van der Waals surface area contributed by atoms with E-state index in [2.05, 4.69) is 33.4 Å². The van der Waals surface area contributed by atoms with Gasteiger partial charge in [0.2, 0.25) is 6.79 Å². The molecule has 5 rings (SSSR count). The van der Waals surface area contributed by atoms with Crippen LogP contribution in [-0.4, -0.2) is 17.9 Å². The molecule has 3 atom stereocenters. The topological polar surface area (TPSA) is 67.8 Å². The molecule has 3 aliphatic rings. The minimum atomic E-state index is -0.896. The Morgan fingerprint density at radius 3 is 2.77 bits per heavy atom. The van der Waals surface area contributed by atoms with Crippen LogP contribution in [0.1, 0.15) is 39.9 Å². The first-order chi connectivity index (χ1) is 12.6. The molecule has 0 spiro atoms. The molecule has 0 fully saturated rings. The number of nitrogens with one attached hydrogen (secondary N) is 1. The lowest BCUT2D eigenvalue weighted by Gasteiger charge is -2.38. The van der Waals surface area contributed by atoms with Gasteiger partial charge in [-0.1, -0.05) is 28.1 Å². The fraction of sp³-hybridized carbons (Fsp3) is 0.250. The van der Waals surface area contributed by atoms with E-state index in [1.54, 1.807) is 12.1 Å². The third kappa shape index (κ3) is 2.32. The summed E-state index contributed by atoms with van der Waals surface area (Å²) in [6.45, 7) is 0.248. The number of anilines is 1. The summed E-state index contributed by atoms with van der Waals surface area (Å²) in [5.41, 5.74) is 3.49. The van der Waals surface area contributed by atoms with E-state index in [9.17, 15) is 9.90 Å². The maximum Gasteiger partial charge on any atom is 0.335 e. The number of carboxylic acids is 1. The normalized spacial score (nSPS) is 24.7. The average molecular weight is 414 g/mol. The maximum atomic E-state index is 11.3. The van der Waals surface area contributed by atoms with Gasteiger partial charge >= 0.3 is 5.97 Å². The molecule has 0 radical (unpaired) electrons. The Kier molecular flexibility index (Phi) is 3.50. The number of carboxylic acid groups (broad SMARTS) is 1. The minimum Gasteiger partial charge on any atom is -0.478 e. The van der Waals surface area contributed by atoms with Crippen LogP contribution in [0.2, 0.25) is 0 Å². The number of hydrogen-bond donors (Lipinski definition) is 2. The number of hydrogen-bond acceptors (Lipinski definition) is 4. The van der Waals surface area contributed by atoms with E-state index < -0.39 is 5.97 Å². The van der Waals surface area contributed by atoms with Gasteiger partial charge in [0.25, 0.3) is 0 Å². The lowest BCUT2D eigenvalue weighted by molar-refractivity contribution is 0.0696. The Morgan fingerprint density at radius 1 is 1.15 bits per heavy atom. The van der Waals surface area contributed by atoms with Gasteiger partial charge in [-0.05, 0) is 53.8 Å². The van der Waals surface area contributed by atoms with Crippen molar-refractivity contribution in [3.8, 4) is 11.5 Å². The average Bonchev–Trinajstić information content (AvgIpc) is 3.29. The fourth-order valence-electron chi connectivity index (χ4n) is 4.21. The number of rotatable bonds is 2. The maximum absolute atomic E-state index is 11.3. The minimum absolute atomic E-state index is 0.0991. The van der Waals surface area contributed by atoms with E-state index >= 15 is 0 Å². The molecule has 0 amide bonds. The highest BCUT2D eigenvalue weighted by molar-refractivity contribution is 9.10. The predicted octanol–water partition coefficient (Wildman–Crippen LogP) is 4.70. The highest BCUT2D eigenvalue weighted by Crippen LogP contribution is 2.52. The summed E-state index contributed by atoms with van der Waals surface area (Å²) in [5, 5.41) is 12.9. The zero-order valence-electron chi connectivity index (χ0n) is 13.7. The highest BCUT2D eigenvalue weighted by atomic mass is 79.9. The number of benzene rings is 2. The molecule has 2 aliphatic heterocycles. The first-order valence-corrected chi connectivity index (χ1v) is 9.30. The third-order valence-corrected chi connectivity index (χ3v) is 6.12. The van der Waals surface area contributed by atoms with Crippen molar-refractivity contribution in [1.29, 1.82) is 0 Å². The van der Waals surface area contributed by atoms with Gasteiger partial charge in [0.05, 0.1) is 11.6 Å². The van der Waals surface area contributed by atoms with Gasteiger partial charge in [0, 0.05) is 16.1 Å². The molecule has 0 saturated carbocycles. The van der Waals surface area contributed by atoms with E-state index in [1.807, 2.05) is 18.2 Å². The van der Waals surface area contributed by atoms with Crippen LogP contribution in [0.25, 0.3) is 0 Å². The van der Waals surface area contributed by atoms with E-state index in [0.717, 1.165) is 39.2 Å². The van der Waals surface area contributed by atoms with Crippen LogP contribution in [0.15, 0.2) is 47.0 Å². The number of carbonyl (C=O) groups is 1. The first kappa shape index (κ1) is 15.8. The van der Waals surface area contributed by atoms with Crippen LogP contribution in [0, 0.1) is 5.92 Å². The Balaban J connectivity index is 1.59. The molecule has 2 aromatic carbocycles. The second-order valence-corrected chi connectivity index (χ2v) is 7.66. The Labute approximate surface area is 158 Å². The van der Waals surface area contributed by atoms with Crippen LogP contribution in [0.4, 0.5) is 5.69 Å². The van der Waals surface area contributed by atoms with Crippen LogP contribution in [0.3, 0.4) is 0 Å². The summed E-state index contributed by atoms with van der Waals surface area (Å²) in [6, 6.07) is 9.41. The molecule has 5 nitrogen and oxygen atoms in total. The predicted molar refractivity (Wildman–Crippen MR) is 100 cm³/mol. The lowest BCUT2D eigenvalue weighted by Crippen LogP contribution is -2.29. The number of fused-ring (bicyclic) bond motifs is 4. The molecule has 6 heteroatoms. The van der Waals surface area contributed by atoms with E-state index in [0.29, 0.717) is 11.5 Å². The molecule has 0 aromatic heterocycles. The van der Waals surface area contributed by atoms with Crippen molar-refractivity contribution in [2.75, 3.05) is 12.1 Å². The summed E-state index contributed by atoms with van der Waals surface area (Å²) in [7, 11) is 0. The van der Waals surface area contributed by atoms with Gasteiger partial charge in [-0.3, -0.25) is 0 Å². The standard InChI is InChI=1S/C20H16BrNO4/c21-15-8-18-17(25-9-26-18)7-14(15)19-12-3-1-2-11(12)13-6-10(20(23)24)4-5-16(13)22-19/h1-2,4-8,11-12,19,22H,3,9H2,(H,23,24)/t11-,12+,19+/m0/s1. The Bertz CT molecular complexity index is 955. The van der Waals surface area contributed by atoms with Crippen molar-refractivity contribution in [3.63, 3.8) is 0 Å². The molecule has 0 unspecified atom stereocenters. The molecule has 0 bridgehead atoms. The number of allylic oxidation sites excluding steroid dienone is 2. The number of halogens is 1.